The van der Waals surface area contributed by atoms with E-state index in [-0.39, 0.29) is 11.6 Å². The summed E-state index contributed by atoms with van der Waals surface area (Å²) in [6.45, 7) is 0.380. The van der Waals surface area contributed by atoms with Crippen molar-refractivity contribution in [2.75, 3.05) is 6.61 Å². The third-order valence-corrected chi connectivity index (χ3v) is 3.02. The van der Waals surface area contributed by atoms with Crippen LogP contribution in [0.3, 0.4) is 0 Å². The molecule has 0 amide bonds. The molecule has 0 aliphatic carbocycles. The van der Waals surface area contributed by atoms with Gasteiger partial charge in [0.2, 0.25) is 0 Å². The first-order valence-corrected chi connectivity index (χ1v) is 6.34. The summed E-state index contributed by atoms with van der Waals surface area (Å²) in [6.07, 6.45) is 0.542. The molecule has 19 heavy (non-hydrogen) atoms. The Morgan fingerprint density at radius 1 is 1.16 bits per heavy atom. The van der Waals surface area contributed by atoms with E-state index in [1.54, 1.807) is 12.1 Å². The van der Waals surface area contributed by atoms with Crippen LogP contribution in [0, 0.1) is 5.82 Å². The lowest BCUT2D eigenvalue weighted by Crippen LogP contribution is -2.00. The van der Waals surface area contributed by atoms with E-state index in [0.717, 1.165) is 16.9 Å². The zero-order valence-electron chi connectivity index (χ0n) is 10.3. The molecule has 1 N–H and O–H groups in total. The molecule has 0 atom stereocenters. The lowest BCUT2D eigenvalue weighted by Gasteiger charge is -2.11. The smallest absolute Gasteiger partial charge is 0.141 e. The number of benzene rings is 2. The maximum atomic E-state index is 13.0. The summed E-state index contributed by atoms with van der Waals surface area (Å²) in [5.74, 6) is 0.281. The first-order valence-electron chi connectivity index (χ1n) is 5.96. The van der Waals surface area contributed by atoms with Crippen LogP contribution in [0.5, 0.6) is 5.75 Å². The van der Waals surface area contributed by atoms with Crippen LogP contribution in [0.15, 0.2) is 42.5 Å². The Kier molecular flexibility index (Phi) is 4.77. The maximum absolute atomic E-state index is 13.0. The van der Waals surface area contributed by atoms with E-state index in [1.165, 1.54) is 6.07 Å². The van der Waals surface area contributed by atoms with Crippen LogP contribution in [-0.2, 0) is 13.0 Å². The predicted octanol–water partition coefficient (Wildman–Crippen LogP) is 3.59. The molecule has 0 bridgehead atoms. The Hall–Kier alpha value is -1.58. The van der Waals surface area contributed by atoms with Gasteiger partial charge in [0.1, 0.15) is 18.2 Å². The summed E-state index contributed by atoms with van der Waals surface area (Å²) in [6, 6.07) is 12.0. The summed E-state index contributed by atoms with van der Waals surface area (Å²) < 4.78 is 18.7. The van der Waals surface area contributed by atoms with E-state index in [2.05, 4.69) is 0 Å². The number of rotatable bonds is 5. The molecule has 0 heterocycles. The Balaban J connectivity index is 2.07. The van der Waals surface area contributed by atoms with E-state index in [9.17, 15) is 4.39 Å². The first kappa shape index (κ1) is 13.8. The fraction of sp³-hybridized carbons (Fsp3) is 0.200. The highest BCUT2D eigenvalue weighted by molar-refractivity contribution is 6.30. The SMILES string of the molecule is OCCc1ccccc1OCc1ccc(F)c(Cl)c1. The number of hydrogen-bond acceptors (Lipinski definition) is 2. The second-order valence-corrected chi connectivity index (χ2v) is 4.53. The van der Waals surface area contributed by atoms with Crippen molar-refractivity contribution in [1.82, 2.24) is 0 Å². The largest absolute Gasteiger partial charge is 0.489 e. The normalized spacial score (nSPS) is 10.5. The van der Waals surface area contributed by atoms with Gasteiger partial charge in [-0.1, -0.05) is 35.9 Å². The highest BCUT2D eigenvalue weighted by Gasteiger charge is 2.05. The van der Waals surface area contributed by atoms with Crippen molar-refractivity contribution in [3.8, 4) is 5.75 Å². The molecule has 2 nitrogen and oxygen atoms in total. The number of aliphatic hydroxyl groups excluding tert-OH is 1. The highest BCUT2D eigenvalue weighted by Crippen LogP contribution is 2.21. The van der Waals surface area contributed by atoms with Gasteiger partial charge in [-0.3, -0.25) is 0 Å². The van der Waals surface area contributed by atoms with Crippen LogP contribution in [0.4, 0.5) is 4.39 Å². The average Bonchev–Trinajstić information content (AvgIpc) is 2.42. The van der Waals surface area contributed by atoms with Gasteiger partial charge >= 0.3 is 0 Å². The standard InChI is InChI=1S/C15H14ClFO2/c16-13-9-11(5-6-14(13)17)10-19-15-4-2-1-3-12(15)7-8-18/h1-6,9,18H,7-8,10H2. The zero-order valence-corrected chi connectivity index (χ0v) is 11.0. The van der Waals surface area contributed by atoms with Crippen LogP contribution in [0.2, 0.25) is 5.02 Å². The third-order valence-electron chi connectivity index (χ3n) is 2.73. The number of ether oxygens (including phenoxy) is 1. The second-order valence-electron chi connectivity index (χ2n) is 4.12. The molecule has 2 aromatic rings. The molecule has 0 aliphatic rings. The van der Waals surface area contributed by atoms with Crippen molar-refractivity contribution in [2.24, 2.45) is 0 Å². The van der Waals surface area contributed by atoms with Crippen molar-refractivity contribution in [2.45, 2.75) is 13.0 Å². The van der Waals surface area contributed by atoms with Crippen molar-refractivity contribution in [3.05, 3.63) is 64.4 Å². The van der Waals surface area contributed by atoms with Crippen LogP contribution in [0.25, 0.3) is 0 Å². The average molecular weight is 281 g/mol. The van der Waals surface area contributed by atoms with Gasteiger partial charge in [0.25, 0.3) is 0 Å². The molecule has 0 spiro atoms. The van der Waals surface area contributed by atoms with Crippen LogP contribution >= 0.6 is 11.6 Å². The number of hydrogen-bond donors (Lipinski definition) is 1. The highest BCUT2D eigenvalue weighted by atomic mass is 35.5. The van der Waals surface area contributed by atoms with Gasteiger partial charge in [-0.2, -0.15) is 0 Å². The Morgan fingerprint density at radius 2 is 1.95 bits per heavy atom. The molecular weight excluding hydrogens is 267 g/mol. The Morgan fingerprint density at radius 3 is 2.68 bits per heavy atom. The van der Waals surface area contributed by atoms with Crippen LogP contribution in [-0.4, -0.2) is 11.7 Å². The molecule has 0 aromatic heterocycles. The minimum atomic E-state index is -0.439. The fourth-order valence-corrected chi connectivity index (χ4v) is 1.97. The van der Waals surface area contributed by atoms with Gasteiger partial charge in [-0.05, 0) is 35.7 Å². The molecule has 4 heteroatoms. The minimum absolute atomic E-state index is 0.0722. The van der Waals surface area contributed by atoms with Gasteiger partial charge in [-0.25, -0.2) is 4.39 Å². The van der Waals surface area contributed by atoms with Gasteiger partial charge < -0.3 is 9.84 Å². The molecule has 0 radical (unpaired) electrons. The van der Waals surface area contributed by atoms with Crippen molar-refractivity contribution in [3.63, 3.8) is 0 Å². The quantitative estimate of drug-likeness (QED) is 0.907. The number of halogens is 2. The molecule has 0 aliphatic heterocycles. The van der Waals surface area contributed by atoms with Crippen molar-refractivity contribution >= 4 is 11.6 Å². The summed E-state index contributed by atoms with van der Waals surface area (Å²) in [5, 5.41) is 9.07. The van der Waals surface area contributed by atoms with E-state index < -0.39 is 5.82 Å². The van der Waals surface area contributed by atoms with E-state index in [4.69, 9.17) is 21.4 Å². The molecule has 0 saturated heterocycles. The Bertz CT molecular complexity index is 558. The minimum Gasteiger partial charge on any atom is -0.489 e. The molecular formula is C15H14ClFO2. The summed E-state index contributed by atoms with van der Waals surface area (Å²) in [5.41, 5.74) is 1.74. The van der Waals surface area contributed by atoms with Gasteiger partial charge in [0.05, 0.1) is 5.02 Å². The van der Waals surface area contributed by atoms with Gasteiger partial charge in [0.15, 0.2) is 0 Å². The molecule has 0 saturated carbocycles. The van der Waals surface area contributed by atoms with E-state index in [1.807, 2.05) is 24.3 Å². The molecule has 2 rings (SSSR count). The van der Waals surface area contributed by atoms with E-state index >= 15 is 0 Å². The van der Waals surface area contributed by atoms with Crippen molar-refractivity contribution < 1.29 is 14.2 Å². The first-order chi connectivity index (χ1) is 9.20. The lowest BCUT2D eigenvalue weighted by atomic mass is 10.1. The third kappa shape index (κ3) is 3.69. The lowest BCUT2D eigenvalue weighted by molar-refractivity contribution is 0.284. The summed E-state index contributed by atoms with van der Waals surface area (Å²) in [7, 11) is 0. The van der Waals surface area contributed by atoms with Crippen LogP contribution in [0.1, 0.15) is 11.1 Å². The predicted molar refractivity (Wildman–Crippen MR) is 73.0 cm³/mol. The summed E-state index contributed by atoms with van der Waals surface area (Å²) >= 11 is 5.71. The van der Waals surface area contributed by atoms with Crippen LogP contribution < -0.4 is 4.74 Å². The zero-order chi connectivity index (χ0) is 13.7. The topological polar surface area (TPSA) is 29.5 Å². The Labute approximate surface area is 116 Å². The molecule has 100 valence electrons. The van der Waals surface area contributed by atoms with E-state index in [0.29, 0.717) is 13.0 Å². The second kappa shape index (κ2) is 6.55. The maximum Gasteiger partial charge on any atom is 0.141 e. The van der Waals surface area contributed by atoms with Crippen molar-refractivity contribution in [1.29, 1.82) is 0 Å². The molecule has 2 aromatic carbocycles. The van der Waals surface area contributed by atoms with Gasteiger partial charge in [0, 0.05) is 6.61 Å². The monoisotopic (exact) mass is 280 g/mol. The fourth-order valence-electron chi connectivity index (χ4n) is 1.76. The summed E-state index contributed by atoms with van der Waals surface area (Å²) in [4.78, 5) is 0. The number of aliphatic hydroxyl groups is 1. The number of para-hydroxylation sites is 1. The molecule has 0 unspecified atom stereocenters. The van der Waals surface area contributed by atoms with Gasteiger partial charge in [-0.15, -0.1) is 0 Å². The molecule has 0 fully saturated rings.